The Kier molecular flexibility index (Phi) is 3.55. The number of benzene rings is 1. The van der Waals surface area contributed by atoms with E-state index in [1.165, 1.54) is 43.4 Å². The van der Waals surface area contributed by atoms with Crippen LogP contribution in [0.25, 0.3) is 0 Å². The molecule has 2 aliphatic heterocycles. The van der Waals surface area contributed by atoms with Crippen molar-refractivity contribution in [3.8, 4) is 5.75 Å². The van der Waals surface area contributed by atoms with Gasteiger partial charge in [0.25, 0.3) is 0 Å². The van der Waals surface area contributed by atoms with Crippen LogP contribution < -0.4 is 10.1 Å². The minimum atomic E-state index is 0.728. The third-order valence-corrected chi connectivity index (χ3v) is 4.30. The molecule has 2 heterocycles. The Morgan fingerprint density at radius 2 is 2.28 bits per heavy atom. The molecular formula is C16H23NO. The van der Waals surface area contributed by atoms with Gasteiger partial charge in [-0.05, 0) is 55.3 Å². The van der Waals surface area contributed by atoms with E-state index in [2.05, 4.69) is 30.4 Å². The summed E-state index contributed by atoms with van der Waals surface area (Å²) in [7, 11) is 0. The van der Waals surface area contributed by atoms with Gasteiger partial charge in [-0.1, -0.05) is 19.1 Å². The van der Waals surface area contributed by atoms with E-state index in [4.69, 9.17) is 4.74 Å². The number of ether oxygens (including phenoxy) is 1. The molecule has 2 heteroatoms. The van der Waals surface area contributed by atoms with Crippen molar-refractivity contribution in [2.45, 2.75) is 45.1 Å². The molecule has 0 amide bonds. The van der Waals surface area contributed by atoms with E-state index in [1.54, 1.807) is 0 Å². The molecule has 0 saturated carbocycles. The van der Waals surface area contributed by atoms with Crippen molar-refractivity contribution in [2.75, 3.05) is 13.2 Å². The van der Waals surface area contributed by atoms with Crippen LogP contribution in [0.4, 0.5) is 0 Å². The molecule has 0 aromatic heterocycles. The molecule has 0 radical (unpaired) electrons. The van der Waals surface area contributed by atoms with Crippen LogP contribution in [0.15, 0.2) is 18.2 Å². The van der Waals surface area contributed by atoms with Crippen LogP contribution in [0, 0.1) is 5.92 Å². The highest BCUT2D eigenvalue weighted by atomic mass is 16.5. The Balaban J connectivity index is 1.54. The molecule has 1 saturated heterocycles. The molecular weight excluding hydrogens is 222 g/mol. The van der Waals surface area contributed by atoms with Gasteiger partial charge < -0.3 is 10.1 Å². The Morgan fingerprint density at radius 1 is 1.33 bits per heavy atom. The number of hydrogen-bond donors (Lipinski definition) is 1. The van der Waals surface area contributed by atoms with Crippen molar-refractivity contribution in [1.29, 1.82) is 0 Å². The van der Waals surface area contributed by atoms with Crippen molar-refractivity contribution in [3.05, 3.63) is 29.3 Å². The molecule has 1 aromatic rings. The van der Waals surface area contributed by atoms with Gasteiger partial charge in [0, 0.05) is 12.5 Å². The predicted molar refractivity (Wildman–Crippen MR) is 74.2 cm³/mol. The summed E-state index contributed by atoms with van der Waals surface area (Å²) in [6, 6.07) is 7.45. The van der Waals surface area contributed by atoms with Crippen molar-refractivity contribution >= 4 is 0 Å². The lowest BCUT2D eigenvalue weighted by atomic mass is 9.92. The molecule has 0 bridgehead atoms. The van der Waals surface area contributed by atoms with Crippen LogP contribution >= 0.6 is 0 Å². The standard InChI is InChI=1S/C16H23NO/c1-12-2-5-15(17-11-12)6-3-13-4-7-16-14(10-13)8-9-18-16/h4,7,10,12,15,17H,2-3,5-6,8-9,11H2,1H3. The summed E-state index contributed by atoms with van der Waals surface area (Å²) >= 11 is 0. The fourth-order valence-electron chi connectivity index (χ4n) is 3.04. The van der Waals surface area contributed by atoms with Gasteiger partial charge in [-0.2, -0.15) is 0 Å². The lowest BCUT2D eigenvalue weighted by Gasteiger charge is -2.27. The molecule has 3 rings (SSSR count). The van der Waals surface area contributed by atoms with Crippen LogP contribution in [0.1, 0.15) is 37.3 Å². The van der Waals surface area contributed by atoms with E-state index in [0.717, 1.165) is 30.7 Å². The Bertz CT molecular complexity index is 408. The lowest BCUT2D eigenvalue weighted by Crippen LogP contribution is -2.38. The van der Waals surface area contributed by atoms with Gasteiger partial charge in [-0.25, -0.2) is 0 Å². The van der Waals surface area contributed by atoms with Crippen LogP contribution in [-0.2, 0) is 12.8 Å². The third-order valence-electron chi connectivity index (χ3n) is 4.30. The molecule has 2 aliphatic rings. The van der Waals surface area contributed by atoms with E-state index < -0.39 is 0 Å². The number of rotatable bonds is 3. The van der Waals surface area contributed by atoms with Gasteiger partial charge >= 0.3 is 0 Å². The normalized spacial score (nSPS) is 26.7. The first kappa shape index (κ1) is 12.0. The van der Waals surface area contributed by atoms with Crippen LogP contribution in [0.3, 0.4) is 0 Å². The fraction of sp³-hybridized carbons (Fsp3) is 0.625. The van der Waals surface area contributed by atoms with E-state index in [0.29, 0.717) is 0 Å². The molecule has 98 valence electrons. The maximum absolute atomic E-state index is 5.55. The zero-order valence-electron chi connectivity index (χ0n) is 11.2. The summed E-state index contributed by atoms with van der Waals surface area (Å²) in [5.74, 6) is 1.96. The van der Waals surface area contributed by atoms with Gasteiger partial charge in [-0.3, -0.25) is 0 Å². The van der Waals surface area contributed by atoms with Gasteiger partial charge in [0.1, 0.15) is 5.75 Å². The average Bonchev–Trinajstić information content (AvgIpc) is 2.85. The molecule has 1 aromatic carbocycles. The smallest absolute Gasteiger partial charge is 0.122 e. The van der Waals surface area contributed by atoms with Crippen LogP contribution in [-0.4, -0.2) is 19.2 Å². The first-order valence-corrected chi connectivity index (χ1v) is 7.29. The first-order chi connectivity index (χ1) is 8.81. The Labute approximate surface area is 110 Å². The fourth-order valence-corrected chi connectivity index (χ4v) is 3.04. The van der Waals surface area contributed by atoms with Gasteiger partial charge in [0.05, 0.1) is 6.61 Å². The van der Waals surface area contributed by atoms with Gasteiger partial charge in [0.2, 0.25) is 0 Å². The molecule has 0 aliphatic carbocycles. The molecule has 18 heavy (non-hydrogen) atoms. The zero-order valence-corrected chi connectivity index (χ0v) is 11.2. The highest BCUT2D eigenvalue weighted by molar-refractivity contribution is 5.39. The van der Waals surface area contributed by atoms with Crippen LogP contribution in [0.5, 0.6) is 5.75 Å². The van der Waals surface area contributed by atoms with Crippen molar-refractivity contribution in [2.24, 2.45) is 5.92 Å². The average molecular weight is 245 g/mol. The number of piperidine rings is 1. The minimum absolute atomic E-state index is 0.728. The molecule has 2 nitrogen and oxygen atoms in total. The van der Waals surface area contributed by atoms with Crippen molar-refractivity contribution < 1.29 is 4.74 Å². The molecule has 2 unspecified atom stereocenters. The lowest BCUT2D eigenvalue weighted by molar-refractivity contribution is 0.316. The Hall–Kier alpha value is -1.02. The van der Waals surface area contributed by atoms with Crippen molar-refractivity contribution in [1.82, 2.24) is 5.32 Å². The van der Waals surface area contributed by atoms with Gasteiger partial charge in [0.15, 0.2) is 0 Å². The third kappa shape index (κ3) is 2.69. The Morgan fingerprint density at radius 3 is 3.11 bits per heavy atom. The summed E-state index contributed by atoms with van der Waals surface area (Å²) < 4.78 is 5.55. The summed E-state index contributed by atoms with van der Waals surface area (Å²) in [4.78, 5) is 0. The number of hydrogen-bond acceptors (Lipinski definition) is 2. The van der Waals surface area contributed by atoms with Crippen LogP contribution in [0.2, 0.25) is 0 Å². The maximum atomic E-state index is 5.55. The van der Waals surface area contributed by atoms with E-state index >= 15 is 0 Å². The topological polar surface area (TPSA) is 21.3 Å². The summed E-state index contributed by atoms with van der Waals surface area (Å²) in [6.07, 6.45) is 6.28. The molecule has 0 spiro atoms. The predicted octanol–water partition coefficient (Wildman–Crippen LogP) is 2.94. The monoisotopic (exact) mass is 245 g/mol. The molecule has 2 atom stereocenters. The maximum Gasteiger partial charge on any atom is 0.122 e. The summed E-state index contributed by atoms with van der Waals surface area (Å²) in [6.45, 7) is 4.40. The number of fused-ring (bicyclic) bond motifs is 1. The highest BCUT2D eigenvalue weighted by Crippen LogP contribution is 2.26. The van der Waals surface area contributed by atoms with E-state index in [-0.39, 0.29) is 0 Å². The summed E-state index contributed by atoms with van der Waals surface area (Å²) in [5.41, 5.74) is 2.87. The SMILES string of the molecule is CC1CCC(CCc2ccc3c(c2)CCO3)NC1. The summed E-state index contributed by atoms with van der Waals surface area (Å²) in [5, 5.41) is 3.67. The van der Waals surface area contributed by atoms with E-state index in [1.807, 2.05) is 0 Å². The highest BCUT2D eigenvalue weighted by Gasteiger charge is 2.17. The minimum Gasteiger partial charge on any atom is -0.493 e. The molecule has 1 N–H and O–H groups in total. The second-order valence-electron chi connectivity index (χ2n) is 5.87. The largest absolute Gasteiger partial charge is 0.493 e. The second kappa shape index (κ2) is 5.31. The second-order valence-corrected chi connectivity index (χ2v) is 5.87. The van der Waals surface area contributed by atoms with Crippen molar-refractivity contribution in [3.63, 3.8) is 0 Å². The first-order valence-electron chi connectivity index (χ1n) is 7.29. The zero-order chi connectivity index (χ0) is 12.4. The van der Waals surface area contributed by atoms with E-state index in [9.17, 15) is 0 Å². The number of aryl methyl sites for hydroxylation is 1. The quantitative estimate of drug-likeness (QED) is 0.884. The number of nitrogens with one attached hydrogen (secondary N) is 1. The van der Waals surface area contributed by atoms with Gasteiger partial charge in [-0.15, -0.1) is 0 Å². The molecule has 1 fully saturated rings.